The summed E-state index contributed by atoms with van der Waals surface area (Å²) in [6.45, 7) is 9.67. The van der Waals surface area contributed by atoms with Crippen LogP contribution in [0, 0.1) is 17.5 Å². The Balaban J connectivity index is 0.00000235. The fourth-order valence-corrected chi connectivity index (χ4v) is 4.27. The van der Waals surface area contributed by atoms with E-state index in [1.54, 1.807) is 20.0 Å². The lowest BCUT2D eigenvalue weighted by Crippen LogP contribution is -2.18. The minimum absolute atomic E-state index is 0.122. The maximum Gasteiger partial charge on any atom is 0.267 e. The second kappa shape index (κ2) is 12.8. The molecule has 0 radical (unpaired) electrons. The van der Waals surface area contributed by atoms with Crippen LogP contribution in [0.4, 0.5) is 18.9 Å². The Bertz CT molecular complexity index is 1400. The van der Waals surface area contributed by atoms with Gasteiger partial charge in [-0.3, -0.25) is 9.71 Å². The summed E-state index contributed by atoms with van der Waals surface area (Å²) in [7, 11) is -1.78. The highest BCUT2D eigenvalue weighted by Gasteiger charge is 2.25. The number of allylic oxidation sites excluding steroid dienone is 4. The number of dihydropyridines is 1. The van der Waals surface area contributed by atoms with Crippen LogP contribution in [0.5, 0.6) is 5.88 Å². The number of hydrogen-bond acceptors (Lipinski definition) is 6. The average Bonchev–Trinajstić information content (AvgIpc) is 2.90. The first-order valence-corrected chi connectivity index (χ1v) is 12.5. The van der Waals surface area contributed by atoms with Gasteiger partial charge >= 0.3 is 0 Å². The van der Waals surface area contributed by atoms with Gasteiger partial charge in [-0.2, -0.15) is 0 Å². The van der Waals surface area contributed by atoms with Crippen molar-refractivity contribution in [2.75, 3.05) is 18.9 Å². The first-order chi connectivity index (χ1) is 17.6. The average molecular weight is 536 g/mol. The van der Waals surface area contributed by atoms with E-state index >= 15 is 4.39 Å². The van der Waals surface area contributed by atoms with Gasteiger partial charge in [-0.05, 0) is 30.7 Å². The quantitative estimate of drug-likeness (QED) is 0.329. The van der Waals surface area contributed by atoms with Crippen molar-refractivity contribution in [2.24, 2.45) is 4.99 Å². The number of anilines is 1. The first kappa shape index (κ1) is 29.2. The van der Waals surface area contributed by atoms with E-state index in [0.29, 0.717) is 17.5 Å². The highest BCUT2D eigenvalue weighted by Crippen LogP contribution is 2.32. The molecule has 1 aromatic carbocycles. The van der Waals surface area contributed by atoms with Gasteiger partial charge in [-0.1, -0.05) is 26.5 Å². The van der Waals surface area contributed by atoms with Crippen LogP contribution in [-0.2, 0) is 10.0 Å². The number of hydrogen-bond donors (Lipinski definition) is 3. The van der Waals surface area contributed by atoms with Crippen molar-refractivity contribution in [1.29, 1.82) is 0 Å². The van der Waals surface area contributed by atoms with E-state index in [4.69, 9.17) is 4.74 Å². The van der Waals surface area contributed by atoms with Gasteiger partial charge in [0.1, 0.15) is 11.6 Å². The minimum Gasteiger partial charge on any atom is -0.480 e. The molecule has 0 saturated heterocycles. The van der Waals surface area contributed by atoms with E-state index in [1.165, 1.54) is 18.6 Å². The van der Waals surface area contributed by atoms with Gasteiger partial charge in [0.25, 0.3) is 10.0 Å². The monoisotopic (exact) mass is 535 g/mol. The molecular weight excluding hydrogens is 507 g/mol. The molecule has 0 saturated carbocycles. The van der Waals surface area contributed by atoms with Crippen molar-refractivity contribution in [3.63, 3.8) is 0 Å². The smallest absolute Gasteiger partial charge is 0.267 e. The molecule has 0 unspecified atom stereocenters. The van der Waals surface area contributed by atoms with Crippen molar-refractivity contribution in [3.05, 3.63) is 89.3 Å². The fraction of sp³-hybridized carbons (Fsp3) is 0.200. The molecule has 0 bridgehead atoms. The summed E-state index contributed by atoms with van der Waals surface area (Å²) >= 11 is 0. The van der Waals surface area contributed by atoms with Gasteiger partial charge in [0.15, 0.2) is 10.7 Å². The second-order valence-electron chi connectivity index (χ2n) is 7.18. The Kier molecular flexibility index (Phi) is 10.1. The second-order valence-corrected chi connectivity index (χ2v) is 8.83. The number of ether oxygens (including phenoxy) is 1. The zero-order chi connectivity index (χ0) is 27.8. The summed E-state index contributed by atoms with van der Waals surface area (Å²) in [4.78, 5) is 6.73. The van der Waals surface area contributed by atoms with Crippen LogP contribution in [0.15, 0.2) is 76.2 Å². The van der Waals surface area contributed by atoms with Gasteiger partial charge in [-0.15, -0.1) is 0 Å². The zero-order valence-corrected chi connectivity index (χ0v) is 21.8. The molecular formula is C25H28F3N5O3S. The molecule has 1 aliphatic heterocycles. The van der Waals surface area contributed by atoms with Crippen LogP contribution in [0.2, 0.25) is 0 Å². The van der Waals surface area contributed by atoms with Crippen molar-refractivity contribution in [1.82, 2.24) is 15.6 Å². The molecule has 8 nitrogen and oxygen atoms in total. The van der Waals surface area contributed by atoms with E-state index in [0.717, 1.165) is 31.0 Å². The Morgan fingerprint density at radius 1 is 1.22 bits per heavy atom. The van der Waals surface area contributed by atoms with E-state index in [-0.39, 0.29) is 11.5 Å². The molecule has 1 aliphatic rings. The van der Waals surface area contributed by atoms with Crippen LogP contribution in [0.3, 0.4) is 0 Å². The Labute approximate surface area is 214 Å². The lowest BCUT2D eigenvalue weighted by Gasteiger charge is -2.18. The number of rotatable bonds is 8. The topological polar surface area (TPSA) is 105 Å². The Morgan fingerprint density at radius 3 is 2.51 bits per heavy atom. The van der Waals surface area contributed by atoms with Gasteiger partial charge < -0.3 is 15.4 Å². The van der Waals surface area contributed by atoms with Crippen LogP contribution in [-0.4, -0.2) is 33.9 Å². The van der Waals surface area contributed by atoms with Gasteiger partial charge in [0.2, 0.25) is 5.88 Å². The molecule has 198 valence electrons. The van der Waals surface area contributed by atoms with Crippen LogP contribution in [0.1, 0.15) is 26.3 Å². The van der Waals surface area contributed by atoms with Crippen molar-refractivity contribution in [3.8, 4) is 5.88 Å². The maximum atomic E-state index is 15.3. The highest BCUT2D eigenvalue weighted by atomic mass is 32.2. The van der Waals surface area contributed by atoms with E-state index in [1.807, 2.05) is 18.6 Å². The molecule has 0 fully saturated rings. The normalized spacial score (nSPS) is 14.2. The number of aliphatic imine (C=N–C) groups is 1. The van der Waals surface area contributed by atoms with Gasteiger partial charge in [0, 0.05) is 36.3 Å². The third kappa shape index (κ3) is 6.79. The third-order valence-electron chi connectivity index (χ3n) is 4.93. The van der Waals surface area contributed by atoms with Crippen molar-refractivity contribution in [2.45, 2.75) is 25.7 Å². The number of benzene rings is 1. The minimum atomic E-state index is -4.53. The number of sulfonamides is 1. The standard InChI is InChI=1S/C23H22F3N5O3S.C2H6/c1-13(14(2)30-12-27-3)18-7-5-15(10-28-18)21-17(25)6-8-19(22(21)26)31-35(32,33)20-9-16(24)11-29-23(20)34-4;1-2/h5-12,28,31H,2H2,1,3-4H3,(H,27,30);1-2H3/b18-13+;. The molecule has 0 amide bonds. The van der Waals surface area contributed by atoms with Crippen LogP contribution < -0.4 is 20.1 Å². The van der Waals surface area contributed by atoms with E-state index in [9.17, 15) is 17.2 Å². The number of methoxy groups -OCH3 is 1. The summed E-state index contributed by atoms with van der Waals surface area (Å²) in [5.74, 6) is -3.40. The molecule has 1 aromatic heterocycles. The molecule has 3 N–H and O–H groups in total. The molecule has 2 heterocycles. The molecule has 2 aromatic rings. The first-order valence-electron chi connectivity index (χ1n) is 11.0. The lowest BCUT2D eigenvalue weighted by atomic mass is 10.0. The number of nitrogens with zero attached hydrogens (tertiary/aromatic N) is 2. The number of nitrogens with one attached hydrogen (secondary N) is 3. The summed E-state index contributed by atoms with van der Waals surface area (Å²) in [5.41, 5.74) is 1.03. The molecule has 37 heavy (non-hydrogen) atoms. The van der Waals surface area contributed by atoms with Crippen LogP contribution in [0.25, 0.3) is 5.57 Å². The summed E-state index contributed by atoms with van der Waals surface area (Å²) in [6.07, 6.45) is 6.68. The van der Waals surface area contributed by atoms with Gasteiger partial charge in [0.05, 0.1) is 30.9 Å². The predicted molar refractivity (Wildman–Crippen MR) is 139 cm³/mol. The summed E-state index contributed by atoms with van der Waals surface area (Å²) in [6, 6.07) is 2.52. The number of halogens is 3. The van der Waals surface area contributed by atoms with E-state index < -0.39 is 43.6 Å². The molecule has 0 spiro atoms. The number of aromatic nitrogens is 1. The number of pyridine rings is 1. The Hall–Kier alpha value is -4.06. The summed E-state index contributed by atoms with van der Waals surface area (Å²) < 4.78 is 76.0. The molecule has 0 aliphatic carbocycles. The zero-order valence-electron chi connectivity index (χ0n) is 21.0. The third-order valence-corrected chi connectivity index (χ3v) is 6.29. The largest absolute Gasteiger partial charge is 0.480 e. The van der Waals surface area contributed by atoms with E-state index in [2.05, 4.69) is 27.2 Å². The van der Waals surface area contributed by atoms with Crippen molar-refractivity contribution >= 4 is 27.6 Å². The Morgan fingerprint density at radius 2 is 1.92 bits per heavy atom. The molecule has 3 rings (SSSR count). The highest BCUT2D eigenvalue weighted by molar-refractivity contribution is 7.92. The van der Waals surface area contributed by atoms with Gasteiger partial charge in [-0.25, -0.2) is 26.6 Å². The predicted octanol–water partition coefficient (Wildman–Crippen LogP) is 4.87. The molecule has 12 heteroatoms. The fourth-order valence-electron chi connectivity index (χ4n) is 3.08. The molecule has 0 atom stereocenters. The van der Waals surface area contributed by atoms with Crippen molar-refractivity contribution < 1.29 is 26.3 Å². The SMILES string of the molecule is C=C(NC=NC)/C(C)=C1\C=CC(c2c(F)ccc(NS(=O)(=O)c3cc(F)cnc3OC)c2F)=CN1.CC. The maximum absolute atomic E-state index is 15.3. The summed E-state index contributed by atoms with van der Waals surface area (Å²) in [5, 5.41) is 5.83. The lowest BCUT2D eigenvalue weighted by molar-refractivity contribution is 0.382. The van der Waals surface area contributed by atoms with Crippen LogP contribution >= 0.6 is 0 Å².